The molecule has 3 aromatic heterocycles. The number of esters is 1. The van der Waals surface area contributed by atoms with Gasteiger partial charge in [-0.2, -0.15) is 0 Å². The highest BCUT2D eigenvalue weighted by molar-refractivity contribution is 7.15. The molecule has 0 radical (unpaired) electrons. The van der Waals surface area contributed by atoms with Gasteiger partial charge in [0.2, 0.25) is 0 Å². The van der Waals surface area contributed by atoms with Crippen LogP contribution in [-0.4, -0.2) is 26.5 Å². The lowest BCUT2D eigenvalue weighted by molar-refractivity contribution is -0.155. The largest absolute Gasteiger partial charge is 0.460 e. The number of pyridine rings is 2. The van der Waals surface area contributed by atoms with Gasteiger partial charge in [0.15, 0.2) is 0 Å². The number of carbonyl (C=O) groups excluding carboxylic acids is 1. The Kier molecular flexibility index (Phi) is 8.68. The molecule has 1 unspecified atom stereocenters. The van der Waals surface area contributed by atoms with Crippen LogP contribution in [0.25, 0.3) is 10.6 Å². The molecule has 1 atom stereocenters. The number of anilines is 2. The van der Waals surface area contributed by atoms with Gasteiger partial charge in [0, 0.05) is 18.3 Å². The van der Waals surface area contributed by atoms with Crippen LogP contribution in [0.2, 0.25) is 0 Å². The Morgan fingerprint density at radius 3 is 2.58 bits per heavy atom. The van der Waals surface area contributed by atoms with Crippen molar-refractivity contribution in [1.29, 1.82) is 0 Å². The van der Waals surface area contributed by atoms with Gasteiger partial charge in [-0.3, -0.25) is 4.79 Å². The molecular weight excluding hydrogens is 408 g/mol. The highest BCUT2D eigenvalue weighted by atomic mass is 32.1. The van der Waals surface area contributed by atoms with Crippen molar-refractivity contribution in [2.45, 2.75) is 66.4 Å². The van der Waals surface area contributed by atoms with E-state index in [-0.39, 0.29) is 11.9 Å². The summed E-state index contributed by atoms with van der Waals surface area (Å²) in [5, 5.41) is 4.13. The van der Waals surface area contributed by atoms with E-state index in [1.807, 2.05) is 85.0 Å². The van der Waals surface area contributed by atoms with Crippen molar-refractivity contribution in [2.75, 3.05) is 5.32 Å². The van der Waals surface area contributed by atoms with Crippen molar-refractivity contribution < 1.29 is 9.53 Å². The van der Waals surface area contributed by atoms with Gasteiger partial charge in [0.05, 0.1) is 22.0 Å². The number of aromatic nitrogens is 3. The molecule has 3 rings (SSSR count). The van der Waals surface area contributed by atoms with Gasteiger partial charge in [0.25, 0.3) is 0 Å². The monoisotopic (exact) mass is 440 g/mol. The van der Waals surface area contributed by atoms with E-state index < -0.39 is 5.60 Å². The molecule has 166 valence electrons. The Hall–Kier alpha value is -2.80. The maximum atomic E-state index is 12.1. The van der Waals surface area contributed by atoms with E-state index in [1.165, 1.54) is 0 Å². The van der Waals surface area contributed by atoms with Crippen LogP contribution in [0.4, 0.5) is 11.6 Å². The molecule has 3 heterocycles. The molecule has 0 saturated carbocycles. The van der Waals surface area contributed by atoms with Crippen molar-refractivity contribution in [3.05, 3.63) is 53.3 Å². The van der Waals surface area contributed by atoms with Crippen LogP contribution < -0.4 is 5.32 Å². The van der Waals surface area contributed by atoms with Crippen LogP contribution in [0.3, 0.4) is 0 Å². The van der Waals surface area contributed by atoms with Crippen LogP contribution in [0.1, 0.15) is 64.5 Å². The summed E-state index contributed by atoms with van der Waals surface area (Å²) in [7, 11) is 0. The van der Waals surface area contributed by atoms with Crippen LogP contribution in [0.5, 0.6) is 0 Å². The minimum Gasteiger partial charge on any atom is -0.460 e. The summed E-state index contributed by atoms with van der Waals surface area (Å²) in [6.07, 6.45) is 3.88. The molecular formula is C24H32N4O2S. The summed E-state index contributed by atoms with van der Waals surface area (Å²) in [6, 6.07) is 9.72. The van der Waals surface area contributed by atoms with E-state index in [0.717, 1.165) is 32.8 Å². The first-order valence-electron chi connectivity index (χ1n) is 10.5. The highest BCUT2D eigenvalue weighted by Gasteiger charge is 2.21. The molecule has 0 aromatic carbocycles. The van der Waals surface area contributed by atoms with Gasteiger partial charge in [-0.1, -0.05) is 26.8 Å². The Labute approximate surface area is 189 Å². The van der Waals surface area contributed by atoms with Crippen molar-refractivity contribution in [3.8, 4) is 10.6 Å². The quantitative estimate of drug-likeness (QED) is 0.440. The average molecular weight is 441 g/mol. The molecule has 3 aromatic rings. The van der Waals surface area contributed by atoms with Crippen LogP contribution >= 0.6 is 11.3 Å². The van der Waals surface area contributed by atoms with Gasteiger partial charge in [-0.05, 0) is 57.5 Å². The zero-order chi connectivity index (χ0) is 23.0. The van der Waals surface area contributed by atoms with Crippen LogP contribution in [0, 0.1) is 6.92 Å². The molecule has 1 N–H and O–H groups in total. The second-order valence-electron chi connectivity index (χ2n) is 8.01. The van der Waals surface area contributed by atoms with Gasteiger partial charge >= 0.3 is 5.97 Å². The summed E-state index contributed by atoms with van der Waals surface area (Å²) in [6.45, 7) is 13.6. The van der Waals surface area contributed by atoms with E-state index in [2.05, 4.69) is 20.3 Å². The number of rotatable bonds is 6. The SMILES string of the molecule is CC.Cc1ccnc(Nc2cccc(-c3cnc(C(C)CC(=O)OC(C)(C)C)s3)n2)c1. The lowest BCUT2D eigenvalue weighted by Crippen LogP contribution is -2.24. The zero-order valence-electron chi connectivity index (χ0n) is 19.4. The van der Waals surface area contributed by atoms with Gasteiger partial charge in [0.1, 0.15) is 17.2 Å². The molecule has 0 aliphatic rings. The van der Waals surface area contributed by atoms with Crippen molar-refractivity contribution in [1.82, 2.24) is 15.0 Å². The normalized spacial score (nSPS) is 11.8. The number of carbonyl (C=O) groups is 1. The molecule has 7 heteroatoms. The lowest BCUT2D eigenvalue weighted by atomic mass is 10.1. The van der Waals surface area contributed by atoms with Gasteiger partial charge in [-0.25, -0.2) is 15.0 Å². The van der Waals surface area contributed by atoms with E-state index in [9.17, 15) is 4.79 Å². The molecule has 31 heavy (non-hydrogen) atoms. The number of thiazole rings is 1. The first kappa shape index (κ1) is 24.5. The maximum absolute atomic E-state index is 12.1. The molecule has 0 spiro atoms. The molecule has 0 saturated heterocycles. The van der Waals surface area contributed by atoms with Crippen molar-refractivity contribution in [3.63, 3.8) is 0 Å². The highest BCUT2D eigenvalue weighted by Crippen LogP contribution is 2.31. The van der Waals surface area contributed by atoms with E-state index in [1.54, 1.807) is 17.5 Å². The summed E-state index contributed by atoms with van der Waals surface area (Å²) < 4.78 is 5.41. The number of hydrogen-bond acceptors (Lipinski definition) is 7. The summed E-state index contributed by atoms with van der Waals surface area (Å²) in [5.41, 5.74) is 1.48. The first-order chi connectivity index (χ1) is 14.7. The minimum atomic E-state index is -0.478. The topological polar surface area (TPSA) is 77.0 Å². The maximum Gasteiger partial charge on any atom is 0.307 e. The van der Waals surface area contributed by atoms with Crippen molar-refractivity contribution >= 4 is 28.9 Å². The van der Waals surface area contributed by atoms with Gasteiger partial charge in [-0.15, -0.1) is 11.3 Å². The summed E-state index contributed by atoms with van der Waals surface area (Å²) >= 11 is 1.55. The number of ether oxygens (including phenoxy) is 1. The fraction of sp³-hybridized carbons (Fsp3) is 0.417. The molecule has 0 amide bonds. The Bertz CT molecular complexity index is 995. The predicted molar refractivity (Wildman–Crippen MR) is 128 cm³/mol. The summed E-state index contributed by atoms with van der Waals surface area (Å²) in [4.78, 5) is 26.5. The zero-order valence-corrected chi connectivity index (χ0v) is 20.2. The Balaban J connectivity index is 0.00000166. The third kappa shape index (κ3) is 7.75. The summed E-state index contributed by atoms with van der Waals surface area (Å²) in [5.74, 6) is 1.25. The minimum absolute atomic E-state index is 0.0126. The second kappa shape index (κ2) is 11.0. The second-order valence-corrected chi connectivity index (χ2v) is 9.07. The average Bonchev–Trinajstić information content (AvgIpc) is 3.19. The molecule has 6 nitrogen and oxygen atoms in total. The standard InChI is InChI=1S/C22H26N4O2S.C2H6/c1-14-9-10-23-19(11-14)26-18-8-6-7-16(25-18)17-13-24-21(29-17)15(2)12-20(27)28-22(3,4)5;1-2/h6-11,13,15H,12H2,1-5H3,(H,23,25,26);1-2H3. The predicted octanol–water partition coefficient (Wildman–Crippen LogP) is 6.51. The van der Waals surface area contributed by atoms with E-state index in [4.69, 9.17) is 4.74 Å². The lowest BCUT2D eigenvalue weighted by Gasteiger charge is -2.20. The number of nitrogens with zero attached hydrogens (tertiary/aromatic N) is 3. The van der Waals surface area contributed by atoms with E-state index >= 15 is 0 Å². The molecule has 0 aliphatic heterocycles. The van der Waals surface area contributed by atoms with Crippen LogP contribution in [-0.2, 0) is 9.53 Å². The molecule has 0 bridgehead atoms. The van der Waals surface area contributed by atoms with Gasteiger partial charge < -0.3 is 10.1 Å². The Morgan fingerprint density at radius 1 is 1.16 bits per heavy atom. The first-order valence-corrected chi connectivity index (χ1v) is 11.4. The number of nitrogens with one attached hydrogen (secondary N) is 1. The Morgan fingerprint density at radius 2 is 1.90 bits per heavy atom. The number of aryl methyl sites for hydroxylation is 1. The third-order valence-corrected chi connectivity index (χ3v) is 5.26. The number of hydrogen-bond donors (Lipinski definition) is 1. The fourth-order valence-electron chi connectivity index (χ4n) is 2.73. The fourth-order valence-corrected chi connectivity index (χ4v) is 3.67. The van der Waals surface area contributed by atoms with E-state index in [0.29, 0.717) is 6.42 Å². The third-order valence-electron chi connectivity index (χ3n) is 4.01. The van der Waals surface area contributed by atoms with Crippen LogP contribution in [0.15, 0.2) is 42.7 Å². The van der Waals surface area contributed by atoms with Crippen molar-refractivity contribution in [2.24, 2.45) is 0 Å². The molecule has 0 aliphatic carbocycles. The molecule has 0 fully saturated rings. The smallest absolute Gasteiger partial charge is 0.307 e.